The van der Waals surface area contributed by atoms with E-state index < -0.39 is 0 Å². The number of hydrogen-bond donors (Lipinski definition) is 1. The van der Waals surface area contributed by atoms with Crippen LogP contribution in [0.2, 0.25) is 0 Å². The zero-order chi connectivity index (χ0) is 14.8. The van der Waals surface area contributed by atoms with Crippen LogP contribution in [0.4, 0.5) is 17.1 Å². The number of hydrogen-bond acceptors (Lipinski definition) is 3. The Morgan fingerprint density at radius 2 is 1.76 bits per heavy atom. The summed E-state index contributed by atoms with van der Waals surface area (Å²) in [6.45, 7) is 2.17. The third kappa shape index (κ3) is 2.42. The van der Waals surface area contributed by atoms with Gasteiger partial charge in [-0.3, -0.25) is 4.98 Å². The predicted octanol–water partition coefficient (Wildman–Crippen LogP) is 4.15. The first-order chi connectivity index (χ1) is 10.2. The van der Waals surface area contributed by atoms with Gasteiger partial charge in [-0.2, -0.15) is 0 Å². The molecule has 3 rings (SSSR count). The minimum atomic E-state index is 0.761. The number of aryl methyl sites for hydroxylation is 1. The molecule has 0 radical (unpaired) electrons. The molecule has 0 unspecified atom stereocenters. The van der Waals surface area contributed by atoms with Crippen molar-refractivity contribution < 1.29 is 0 Å². The molecule has 0 bridgehead atoms. The number of anilines is 3. The van der Waals surface area contributed by atoms with E-state index in [4.69, 9.17) is 5.73 Å². The van der Waals surface area contributed by atoms with Gasteiger partial charge in [-0.15, -0.1) is 0 Å². The van der Waals surface area contributed by atoms with Crippen molar-refractivity contribution in [1.82, 2.24) is 4.98 Å². The fraction of sp³-hybridized carbons (Fsp3) is 0.167. The molecule has 0 aliphatic rings. The van der Waals surface area contributed by atoms with Gasteiger partial charge in [0.05, 0.1) is 0 Å². The second-order valence-corrected chi connectivity index (χ2v) is 5.17. The van der Waals surface area contributed by atoms with E-state index in [-0.39, 0.29) is 0 Å². The van der Waals surface area contributed by atoms with Crippen LogP contribution in [0.15, 0.2) is 54.9 Å². The number of nitrogens with two attached hydrogens (primary N) is 1. The van der Waals surface area contributed by atoms with E-state index in [1.807, 2.05) is 18.3 Å². The van der Waals surface area contributed by atoms with E-state index in [1.54, 1.807) is 6.20 Å². The molecule has 106 valence electrons. The largest absolute Gasteiger partial charge is 0.398 e. The van der Waals surface area contributed by atoms with Gasteiger partial charge in [0.1, 0.15) is 0 Å². The lowest BCUT2D eigenvalue weighted by molar-refractivity contribution is 1.13. The van der Waals surface area contributed by atoms with Gasteiger partial charge >= 0.3 is 0 Å². The average molecular weight is 277 g/mol. The first-order valence-corrected chi connectivity index (χ1v) is 7.15. The Labute approximate surface area is 125 Å². The number of rotatable bonds is 3. The maximum atomic E-state index is 6.04. The standard InChI is InChI=1S/C18H19N3/c1-3-13-4-6-14(7-5-13)21(2)18-9-8-17(19)16-12-20-11-10-15(16)18/h4-12H,3,19H2,1-2H3. The topological polar surface area (TPSA) is 42.1 Å². The minimum absolute atomic E-state index is 0.761. The van der Waals surface area contributed by atoms with Gasteiger partial charge in [0.25, 0.3) is 0 Å². The average Bonchev–Trinajstić information content (AvgIpc) is 2.55. The number of pyridine rings is 1. The zero-order valence-electron chi connectivity index (χ0n) is 12.4. The Morgan fingerprint density at radius 3 is 2.48 bits per heavy atom. The molecular formula is C18H19N3. The molecule has 1 aromatic heterocycles. The molecule has 3 heteroatoms. The number of nitrogens with zero attached hydrogens (tertiary/aromatic N) is 2. The quantitative estimate of drug-likeness (QED) is 0.731. The zero-order valence-corrected chi connectivity index (χ0v) is 12.4. The second-order valence-electron chi connectivity index (χ2n) is 5.17. The van der Waals surface area contributed by atoms with Crippen LogP contribution in [0, 0.1) is 0 Å². The Hall–Kier alpha value is -2.55. The first-order valence-electron chi connectivity index (χ1n) is 7.15. The van der Waals surface area contributed by atoms with Gasteiger partial charge in [-0.25, -0.2) is 0 Å². The van der Waals surface area contributed by atoms with Gasteiger partial charge in [-0.1, -0.05) is 19.1 Å². The normalized spacial score (nSPS) is 10.8. The fourth-order valence-corrected chi connectivity index (χ4v) is 2.58. The lowest BCUT2D eigenvalue weighted by Gasteiger charge is -2.22. The molecule has 0 spiro atoms. The van der Waals surface area contributed by atoms with E-state index in [9.17, 15) is 0 Å². The molecule has 0 saturated heterocycles. The molecular weight excluding hydrogens is 258 g/mol. The highest BCUT2D eigenvalue weighted by molar-refractivity contribution is 6.01. The summed E-state index contributed by atoms with van der Waals surface area (Å²) in [5.41, 5.74) is 10.4. The van der Waals surface area contributed by atoms with Gasteiger partial charge in [0.15, 0.2) is 0 Å². The van der Waals surface area contributed by atoms with E-state index in [1.165, 1.54) is 5.56 Å². The van der Waals surface area contributed by atoms with Crippen LogP contribution in [0.3, 0.4) is 0 Å². The molecule has 21 heavy (non-hydrogen) atoms. The number of fused-ring (bicyclic) bond motifs is 1. The van der Waals surface area contributed by atoms with Crippen molar-refractivity contribution in [2.75, 3.05) is 17.7 Å². The maximum Gasteiger partial charge on any atom is 0.0490 e. The summed E-state index contributed by atoms with van der Waals surface area (Å²) < 4.78 is 0. The Bertz CT molecular complexity index is 763. The second kappa shape index (κ2) is 5.44. The molecule has 0 atom stereocenters. The molecule has 3 aromatic rings. The molecule has 1 heterocycles. The summed E-state index contributed by atoms with van der Waals surface area (Å²) in [7, 11) is 2.08. The highest BCUT2D eigenvalue weighted by atomic mass is 15.1. The molecule has 0 fully saturated rings. The van der Waals surface area contributed by atoms with Crippen LogP contribution in [0.5, 0.6) is 0 Å². The lowest BCUT2D eigenvalue weighted by atomic mass is 10.1. The molecule has 0 aliphatic heterocycles. The third-order valence-corrected chi connectivity index (χ3v) is 3.92. The van der Waals surface area contributed by atoms with Crippen molar-refractivity contribution >= 4 is 27.8 Å². The summed E-state index contributed by atoms with van der Waals surface area (Å²) in [5, 5.41) is 2.11. The smallest absolute Gasteiger partial charge is 0.0490 e. The van der Waals surface area contributed by atoms with Gasteiger partial charge in [-0.05, 0) is 42.3 Å². The summed E-state index contributed by atoms with van der Waals surface area (Å²) in [6, 6.07) is 14.7. The first kappa shape index (κ1) is 13.4. The van der Waals surface area contributed by atoms with Crippen LogP contribution in [-0.4, -0.2) is 12.0 Å². The molecule has 0 saturated carbocycles. The predicted molar refractivity (Wildman–Crippen MR) is 90.0 cm³/mol. The Balaban J connectivity index is 2.08. The summed E-state index contributed by atoms with van der Waals surface area (Å²) in [6.07, 6.45) is 4.68. The van der Waals surface area contributed by atoms with Crippen molar-refractivity contribution in [1.29, 1.82) is 0 Å². The molecule has 0 aliphatic carbocycles. The van der Waals surface area contributed by atoms with Gasteiger partial charge < -0.3 is 10.6 Å². The highest BCUT2D eigenvalue weighted by Crippen LogP contribution is 2.33. The van der Waals surface area contributed by atoms with Crippen molar-refractivity contribution in [3.63, 3.8) is 0 Å². The monoisotopic (exact) mass is 277 g/mol. The maximum absolute atomic E-state index is 6.04. The minimum Gasteiger partial charge on any atom is -0.398 e. The summed E-state index contributed by atoms with van der Waals surface area (Å²) >= 11 is 0. The van der Waals surface area contributed by atoms with E-state index in [0.29, 0.717) is 0 Å². The molecule has 2 N–H and O–H groups in total. The van der Waals surface area contributed by atoms with E-state index in [2.05, 4.69) is 54.2 Å². The van der Waals surface area contributed by atoms with Crippen molar-refractivity contribution in [3.05, 3.63) is 60.4 Å². The van der Waals surface area contributed by atoms with Crippen LogP contribution < -0.4 is 10.6 Å². The Kier molecular flexibility index (Phi) is 3.48. The molecule has 2 aromatic carbocycles. The van der Waals surface area contributed by atoms with Crippen LogP contribution >= 0.6 is 0 Å². The van der Waals surface area contributed by atoms with Crippen molar-refractivity contribution in [2.45, 2.75) is 13.3 Å². The van der Waals surface area contributed by atoms with Gasteiger partial charge in [0.2, 0.25) is 0 Å². The van der Waals surface area contributed by atoms with Gasteiger partial charge in [0, 0.05) is 47.3 Å². The SMILES string of the molecule is CCc1ccc(N(C)c2ccc(N)c3cnccc23)cc1. The summed E-state index contributed by atoms with van der Waals surface area (Å²) in [4.78, 5) is 6.35. The van der Waals surface area contributed by atoms with Crippen LogP contribution in [0.25, 0.3) is 10.8 Å². The summed E-state index contributed by atoms with van der Waals surface area (Å²) in [5.74, 6) is 0. The number of nitrogen functional groups attached to an aromatic ring is 1. The number of aromatic nitrogens is 1. The van der Waals surface area contributed by atoms with Crippen molar-refractivity contribution in [2.24, 2.45) is 0 Å². The van der Waals surface area contributed by atoms with Crippen LogP contribution in [-0.2, 0) is 6.42 Å². The molecule has 0 amide bonds. The van der Waals surface area contributed by atoms with E-state index >= 15 is 0 Å². The highest BCUT2D eigenvalue weighted by Gasteiger charge is 2.09. The van der Waals surface area contributed by atoms with Crippen LogP contribution in [0.1, 0.15) is 12.5 Å². The lowest BCUT2D eigenvalue weighted by Crippen LogP contribution is -2.10. The Morgan fingerprint density at radius 1 is 1.00 bits per heavy atom. The van der Waals surface area contributed by atoms with E-state index in [0.717, 1.165) is 34.3 Å². The fourth-order valence-electron chi connectivity index (χ4n) is 2.58. The third-order valence-electron chi connectivity index (χ3n) is 3.92. The molecule has 3 nitrogen and oxygen atoms in total. The number of benzene rings is 2. The van der Waals surface area contributed by atoms with Crippen molar-refractivity contribution in [3.8, 4) is 0 Å².